The number of benzene rings is 1. The molecule has 0 saturated carbocycles. The Morgan fingerprint density at radius 3 is 2.73 bits per heavy atom. The zero-order valence-electron chi connectivity index (χ0n) is 12.5. The van der Waals surface area contributed by atoms with Crippen LogP contribution in [0.5, 0.6) is 0 Å². The molecule has 0 aromatic heterocycles. The van der Waals surface area contributed by atoms with E-state index in [1.807, 2.05) is 0 Å². The van der Waals surface area contributed by atoms with Crippen molar-refractivity contribution in [3.63, 3.8) is 0 Å². The number of esters is 1. The van der Waals surface area contributed by atoms with Crippen LogP contribution in [0.15, 0.2) is 18.2 Å². The molecule has 0 radical (unpaired) electrons. The SMILES string of the molecule is CCOC(=O)C1CCN(Cc2cc(Cl)ccc2[N+](=O)[O-])CC1. The summed E-state index contributed by atoms with van der Waals surface area (Å²) < 4.78 is 5.04. The van der Waals surface area contributed by atoms with Gasteiger partial charge in [0.05, 0.1) is 17.4 Å². The van der Waals surface area contributed by atoms with Crippen molar-refractivity contribution < 1.29 is 14.5 Å². The molecule has 2 rings (SSSR count). The average molecular weight is 327 g/mol. The fourth-order valence-electron chi connectivity index (χ4n) is 2.69. The Bertz CT molecular complexity index is 556. The Morgan fingerprint density at radius 1 is 1.45 bits per heavy atom. The van der Waals surface area contributed by atoms with Crippen molar-refractivity contribution >= 4 is 23.3 Å². The molecule has 1 aromatic carbocycles. The molecule has 0 aliphatic carbocycles. The lowest BCUT2D eigenvalue weighted by Crippen LogP contribution is -2.36. The highest BCUT2D eigenvalue weighted by Gasteiger charge is 2.27. The van der Waals surface area contributed by atoms with Crippen molar-refractivity contribution in [2.45, 2.75) is 26.3 Å². The van der Waals surface area contributed by atoms with Crippen LogP contribution in [0.25, 0.3) is 0 Å². The van der Waals surface area contributed by atoms with E-state index >= 15 is 0 Å². The molecular weight excluding hydrogens is 308 g/mol. The van der Waals surface area contributed by atoms with Crippen LogP contribution in [0, 0.1) is 16.0 Å². The second-order valence-electron chi connectivity index (χ2n) is 5.33. The Balaban J connectivity index is 1.98. The van der Waals surface area contributed by atoms with Gasteiger partial charge in [0.25, 0.3) is 5.69 Å². The first kappa shape index (κ1) is 16.7. The van der Waals surface area contributed by atoms with E-state index in [0.29, 0.717) is 49.7 Å². The summed E-state index contributed by atoms with van der Waals surface area (Å²) >= 11 is 5.94. The molecule has 0 unspecified atom stereocenters. The van der Waals surface area contributed by atoms with Crippen molar-refractivity contribution in [1.29, 1.82) is 0 Å². The summed E-state index contributed by atoms with van der Waals surface area (Å²) in [4.78, 5) is 24.5. The minimum Gasteiger partial charge on any atom is -0.466 e. The van der Waals surface area contributed by atoms with E-state index in [9.17, 15) is 14.9 Å². The zero-order chi connectivity index (χ0) is 16.1. The second-order valence-corrected chi connectivity index (χ2v) is 5.77. The Morgan fingerprint density at radius 2 is 2.14 bits per heavy atom. The summed E-state index contributed by atoms with van der Waals surface area (Å²) in [6, 6.07) is 4.59. The second kappa shape index (κ2) is 7.56. The molecule has 0 bridgehead atoms. The third-order valence-electron chi connectivity index (χ3n) is 3.84. The summed E-state index contributed by atoms with van der Waals surface area (Å²) in [7, 11) is 0. The van der Waals surface area contributed by atoms with Gasteiger partial charge in [0.2, 0.25) is 0 Å². The van der Waals surface area contributed by atoms with Crippen LogP contribution >= 0.6 is 11.6 Å². The van der Waals surface area contributed by atoms with Crippen LogP contribution in [-0.2, 0) is 16.1 Å². The number of carbonyl (C=O) groups excluding carboxylic acids is 1. The van der Waals surface area contributed by atoms with Gasteiger partial charge >= 0.3 is 5.97 Å². The first-order chi connectivity index (χ1) is 10.5. The van der Waals surface area contributed by atoms with Gasteiger partial charge in [-0.25, -0.2) is 0 Å². The summed E-state index contributed by atoms with van der Waals surface area (Å²) in [6.07, 6.45) is 1.43. The first-order valence-corrected chi connectivity index (χ1v) is 7.71. The zero-order valence-corrected chi connectivity index (χ0v) is 13.2. The van der Waals surface area contributed by atoms with Crippen molar-refractivity contribution in [1.82, 2.24) is 4.90 Å². The quantitative estimate of drug-likeness (QED) is 0.472. The van der Waals surface area contributed by atoms with Crippen LogP contribution in [-0.4, -0.2) is 35.5 Å². The maximum absolute atomic E-state index is 11.7. The van der Waals surface area contributed by atoms with E-state index in [0.717, 1.165) is 0 Å². The number of hydrogen-bond donors (Lipinski definition) is 0. The summed E-state index contributed by atoms with van der Waals surface area (Å²) in [6.45, 7) is 4.09. The van der Waals surface area contributed by atoms with Gasteiger partial charge in [-0.3, -0.25) is 19.8 Å². The molecule has 1 aromatic rings. The Kier molecular flexibility index (Phi) is 5.74. The lowest BCUT2D eigenvalue weighted by molar-refractivity contribution is -0.385. The summed E-state index contributed by atoms with van der Waals surface area (Å²) in [5.74, 6) is -0.207. The number of likely N-dealkylation sites (tertiary alicyclic amines) is 1. The molecule has 1 aliphatic rings. The number of piperidine rings is 1. The van der Waals surface area contributed by atoms with Gasteiger partial charge in [0.1, 0.15) is 0 Å². The van der Waals surface area contributed by atoms with Gasteiger partial charge in [0.15, 0.2) is 0 Å². The maximum atomic E-state index is 11.7. The normalized spacial score (nSPS) is 16.5. The lowest BCUT2D eigenvalue weighted by Gasteiger charge is -2.30. The lowest BCUT2D eigenvalue weighted by atomic mass is 9.96. The van der Waals surface area contributed by atoms with Crippen molar-refractivity contribution in [2.24, 2.45) is 5.92 Å². The number of rotatable bonds is 5. The predicted molar refractivity (Wildman–Crippen MR) is 82.7 cm³/mol. The highest BCUT2D eigenvalue weighted by Crippen LogP contribution is 2.26. The number of nitro benzene ring substituents is 1. The molecular formula is C15H19ClN2O4. The van der Waals surface area contributed by atoms with E-state index in [1.165, 1.54) is 12.1 Å². The van der Waals surface area contributed by atoms with Crippen LogP contribution < -0.4 is 0 Å². The minimum atomic E-state index is -0.392. The molecule has 0 atom stereocenters. The smallest absolute Gasteiger partial charge is 0.309 e. The fraction of sp³-hybridized carbons (Fsp3) is 0.533. The number of nitro groups is 1. The summed E-state index contributed by atoms with van der Waals surface area (Å²) in [5.41, 5.74) is 0.684. The van der Waals surface area contributed by atoms with E-state index in [-0.39, 0.29) is 17.6 Å². The number of ether oxygens (including phenoxy) is 1. The molecule has 1 saturated heterocycles. The Hall–Kier alpha value is -1.66. The fourth-order valence-corrected chi connectivity index (χ4v) is 2.88. The van der Waals surface area contributed by atoms with Crippen molar-refractivity contribution in [3.8, 4) is 0 Å². The number of carbonyl (C=O) groups is 1. The van der Waals surface area contributed by atoms with Gasteiger partial charge in [-0.2, -0.15) is 0 Å². The highest BCUT2D eigenvalue weighted by atomic mass is 35.5. The monoisotopic (exact) mass is 326 g/mol. The molecule has 1 aliphatic heterocycles. The van der Waals surface area contributed by atoms with Crippen LogP contribution in [0.1, 0.15) is 25.3 Å². The molecule has 22 heavy (non-hydrogen) atoms. The standard InChI is InChI=1S/C15H19ClN2O4/c1-2-22-15(19)11-5-7-17(8-6-11)10-12-9-13(16)3-4-14(12)18(20)21/h3-4,9,11H,2,5-8,10H2,1H3. The van der Waals surface area contributed by atoms with E-state index in [4.69, 9.17) is 16.3 Å². The van der Waals surface area contributed by atoms with Crippen LogP contribution in [0.3, 0.4) is 0 Å². The molecule has 6 nitrogen and oxygen atoms in total. The van der Waals surface area contributed by atoms with E-state index in [1.54, 1.807) is 13.0 Å². The van der Waals surface area contributed by atoms with Crippen LogP contribution in [0.2, 0.25) is 5.02 Å². The van der Waals surface area contributed by atoms with Gasteiger partial charge in [-0.15, -0.1) is 0 Å². The molecule has 120 valence electrons. The molecule has 0 spiro atoms. The molecule has 7 heteroatoms. The maximum Gasteiger partial charge on any atom is 0.309 e. The largest absolute Gasteiger partial charge is 0.466 e. The van der Waals surface area contributed by atoms with Crippen molar-refractivity contribution in [2.75, 3.05) is 19.7 Å². The molecule has 1 fully saturated rings. The molecule has 0 N–H and O–H groups in total. The van der Waals surface area contributed by atoms with E-state index in [2.05, 4.69) is 4.90 Å². The van der Waals surface area contributed by atoms with E-state index < -0.39 is 4.92 Å². The molecule has 1 heterocycles. The third-order valence-corrected chi connectivity index (χ3v) is 4.07. The van der Waals surface area contributed by atoms with Gasteiger partial charge in [-0.05, 0) is 45.0 Å². The molecule has 0 amide bonds. The highest BCUT2D eigenvalue weighted by molar-refractivity contribution is 6.30. The van der Waals surface area contributed by atoms with Gasteiger partial charge in [-0.1, -0.05) is 11.6 Å². The number of hydrogen-bond acceptors (Lipinski definition) is 5. The predicted octanol–water partition coefficient (Wildman–Crippen LogP) is 3.02. The number of nitrogens with zero attached hydrogens (tertiary/aromatic N) is 2. The number of halogens is 1. The van der Waals surface area contributed by atoms with Gasteiger partial charge < -0.3 is 4.74 Å². The third kappa shape index (κ3) is 4.18. The summed E-state index contributed by atoms with van der Waals surface area (Å²) in [5, 5.41) is 11.6. The van der Waals surface area contributed by atoms with Gasteiger partial charge in [0, 0.05) is 23.2 Å². The first-order valence-electron chi connectivity index (χ1n) is 7.33. The topological polar surface area (TPSA) is 72.7 Å². The Labute approximate surface area is 134 Å². The van der Waals surface area contributed by atoms with Crippen LogP contribution in [0.4, 0.5) is 5.69 Å². The minimum absolute atomic E-state index is 0.0643. The van der Waals surface area contributed by atoms with Crippen molar-refractivity contribution in [3.05, 3.63) is 38.9 Å². The average Bonchev–Trinajstić information content (AvgIpc) is 2.48.